The van der Waals surface area contributed by atoms with E-state index < -0.39 is 9.84 Å². The molecule has 1 saturated heterocycles. The molecule has 6 nitrogen and oxygen atoms in total. The highest BCUT2D eigenvalue weighted by Crippen LogP contribution is 2.18. The molecular formula is C15H26N4O2S2. The molecular weight excluding hydrogens is 332 g/mol. The summed E-state index contributed by atoms with van der Waals surface area (Å²) in [4.78, 5) is 11.2. The van der Waals surface area contributed by atoms with Gasteiger partial charge in [-0.25, -0.2) is 13.4 Å². The lowest BCUT2D eigenvalue weighted by atomic mass is 10.1. The van der Waals surface area contributed by atoms with Crippen molar-refractivity contribution < 1.29 is 8.42 Å². The summed E-state index contributed by atoms with van der Waals surface area (Å²) in [6, 6.07) is 0.265. The van der Waals surface area contributed by atoms with Crippen molar-refractivity contribution in [1.82, 2.24) is 15.2 Å². The maximum Gasteiger partial charge on any atom is 0.194 e. The van der Waals surface area contributed by atoms with Crippen LogP contribution >= 0.6 is 11.3 Å². The summed E-state index contributed by atoms with van der Waals surface area (Å²) in [6.07, 6.45) is 0.718. The van der Waals surface area contributed by atoms with Crippen LogP contribution in [0.3, 0.4) is 0 Å². The first-order chi connectivity index (χ1) is 10.7. The van der Waals surface area contributed by atoms with E-state index in [9.17, 15) is 8.42 Å². The van der Waals surface area contributed by atoms with Gasteiger partial charge in [-0.15, -0.1) is 11.3 Å². The minimum absolute atomic E-state index is 0.138. The normalized spacial score (nSPS) is 20.9. The molecule has 1 N–H and O–H groups in total. The van der Waals surface area contributed by atoms with Crippen LogP contribution in [0.2, 0.25) is 0 Å². The molecule has 0 spiro atoms. The molecule has 0 aromatic carbocycles. The van der Waals surface area contributed by atoms with E-state index in [1.54, 1.807) is 11.3 Å². The van der Waals surface area contributed by atoms with E-state index >= 15 is 0 Å². The number of nitrogens with zero attached hydrogens (tertiary/aromatic N) is 3. The van der Waals surface area contributed by atoms with Gasteiger partial charge in [0, 0.05) is 25.0 Å². The number of hydrogen-bond donors (Lipinski definition) is 1. The highest BCUT2D eigenvalue weighted by atomic mass is 32.2. The summed E-state index contributed by atoms with van der Waals surface area (Å²) in [7, 11) is -0.864. The Morgan fingerprint density at radius 3 is 2.83 bits per heavy atom. The monoisotopic (exact) mass is 358 g/mol. The summed E-state index contributed by atoms with van der Waals surface area (Å²) in [6.45, 7) is 7.36. The van der Waals surface area contributed by atoms with Gasteiger partial charge in [-0.3, -0.25) is 4.99 Å². The smallest absolute Gasteiger partial charge is 0.194 e. The standard InChI is InChI=1S/C15H26N4O2S2/c1-11(2)17-15(16-7-13-5-6-23(20,21)10-13)19(4)8-14-9-22-12(3)18-14/h9,11,13H,5-8,10H2,1-4H3,(H,16,17). The lowest BCUT2D eigenvalue weighted by Gasteiger charge is -2.24. The molecule has 1 aromatic rings. The first-order valence-electron chi connectivity index (χ1n) is 7.88. The zero-order chi connectivity index (χ0) is 17.0. The molecule has 2 heterocycles. The maximum absolute atomic E-state index is 11.6. The lowest BCUT2D eigenvalue weighted by molar-refractivity contribution is 0.457. The second kappa shape index (κ2) is 7.61. The van der Waals surface area contributed by atoms with Crippen molar-refractivity contribution in [2.24, 2.45) is 10.9 Å². The molecule has 0 radical (unpaired) electrons. The van der Waals surface area contributed by atoms with Crippen molar-refractivity contribution >= 4 is 27.1 Å². The molecule has 0 amide bonds. The van der Waals surface area contributed by atoms with Crippen LogP contribution in [0.1, 0.15) is 31.0 Å². The molecule has 23 heavy (non-hydrogen) atoms. The van der Waals surface area contributed by atoms with Gasteiger partial charge in [-0.05, 0) is 33.1 Å². The van der Waals surface area contributed by atoms with Gasteiger partial charge < -0.3 is 10.2 Å². The van der Waals surface area contributed by atoms with E-state index in [0.29, 0.717) is 18.8 Å². The second-order valence-corrected chi connectivity index (χ2v) is 9.74. The Bertz CT molecular complexity index is 652. The predicted octanol–water partition coefficient (Wildman–Crippen LogP) is 1.67. The summed E-state index contributed by atoms with van der Waals surface area (Å²) in [5.41, 5.74) is 1.02. The SMILES string of the molecule is Cc1nc(CN(C)C(=NCC2CCS(=O)(=O)C2)NC(C)C)cs1. The Morgan fingerprint density at radius 1 is 1.57 bits per heavy atom. The molecule has 1 aliphatic heterocycles. The fourth-order valence-electron chi connectivity index (χ4n) is 2.57. The molecule has 1 fully saturated rings. The zero-order valence-electron chi connectivity index (χ0n) is 14.2. The topological polar surface area (TPSA) is 74.7 Å². The first kappa shape index (κ1) is 18.2. The largest absolute Gasteiger partial charge is 0.354 e. The molecule has 0 aliphatic carbocycles. The minimum atomic E-state index is -2.84. The molecule has 130 valence electrons. The van der Waals surface area contributed by atoms with Gasteiger partial charge in [0.1, 0.15) is 0 Å². The predicted molar refractivity (Wildman–Crippen MR) is 95.7 cm³/mol. The van der Waals surface area contributed by atoms with Crippen molar-refractivity contribution in [1.29, 1.82) is 0 Å². The van der Waals surface area contributed by atoms with E-state index in [4.69, 9.17) is 0 Å². The Kier molecular flexibility index (Phi) is 6.02. The number of sulfone groups is 1. The first-order valence-corrected chi connectivity index (χ1v) is 10.6. The highest BCUT2D eigenvalue weighted by molar-refractivity contribution is 7.91. The maximum atomic E-state index is 11.6. The number of nitrogens with one attached hydrogen (secondary N) is 1. The Balaban J connectivity index is 2.01. The van der Waals surface area contributed by atoms with E-state index in [0.717, 1.165) is 23.1 Å². The average Bonchev–Trinajstić information content (AvgIpc) is 2.99. The Labute approximate surface area is 142 Å². The number of thiazole rings is 1. The van der Waals surface area contributed by atoms with Gasteiger partial charge in [0.05, 0.1) is 28.8 Å². The molecule has 0 saturated carbocycles. The Morgan fingerprint density at radius 2 is 2.30 bits per heavy atom. The second-order valence-electron chi connectivity index (χ2n) is 6.45. The van der Waals surface area contributed by atoms with Gasteiger partial charge in [0.2, 0.25) is 0 Å². The molecule has 8 heteroatoms. The molecule has 1 atom stereocenters. The number of rotatable bonds is 5. The van der Waals surface area contributed by atoms with Gasteiger partial charge in [-0.2, -0.15) is 0 Å². The van der Waals surface area contributed by atoms with E-state index in [1.165, 1.54) is 0 Å². The van der Waals surface area contributed by atoms with Crippen LogP contribution in [0, 0.1) is 12.8 Å². The third-order valence-corrected chi connectivity index (χ3v) is 6.33. The van der Waals surface area contributed by atoms with Crippen LogP contribution in [0.25, 0.3) is 0 Å². The van der Waals surface area contributed by atoms with E-state index in [2.05, 4.69) is 34.5 Å². The van der Waals surface area contributed by atoms with Gasteiger partial charge in [0.25, 0.3) is 0 Å². The summed E-state index contributed by atoms with van der Waals surface area (Å²) >= 11 is 1.64. The van der Waals surface area contributed by atoms with Crippen LogP contribution < -0.4 is 5.32 Å². The molecule has 1 aromatic heterocycles. The molecule has 0 bridgehead atoms. The number of hydrogen-bond acceptors (Lipinski definition) is 5. The zero-order valence-corrected chi connectivity index (χ0v) is 15.9. The van der Waals surface area contributed by atoms with Crippen LogP contribution in [-0.4, -0.2) is 55.4 Å². The summed E-state index contributed by atoms with van der Waals surface area (Å²) in [5, 5.41) is 6.47. The van der Waals surface area contributed by atoms with E-state index in [1.807, 2.05) is 18.9 Å². The fraction of sp³-hybridized carbons (Fsp3) is 0.733. The average molecular weight is 359 g/mol. The van der Waals surface area contributed by atoms with Crippen LogP contribution in [-0.2, 0) is 16.4 Å². The van der Waals surface area contributed by atoms with Crippen LogP contribution in [0.4, 0.5) is 0 Å². The molecule has 1 unspecified atom stereocenters. The van der Waals surface area contributed by atoms with Crippen molar-refractivity contribution in [3.63, 3.8) is 0 Å². The van der Waals surface area contributed by atoms with Crippen molar-refractivity contribution in [3.05, 3.63) is 16.1 Å². The number of aromatic nitrogens is 1. The molecule has 1 aliphatic rings. The number of aryl methyl sites for hydroxylation is 1. The highest BCUT2D eigenvalue weighted by Gasteiger charge is 2.27. The number of aliphatic imine (C=N–C) groups is 1. The summed E-state index contributed by atoms with van der Waals surface area (Å²) in [5.74, 6) is 1.50. The quantitative estimate of drug-likeness (QED) is 0.640. The van der Waals surface area contributed by atoms with Crippen molar-refractivity contribution in [2.45, 2.75) is 39.8 Å². The van der Waals surface area contributed by atoms with Gasteiger partial charge >= 0.3 is 0 Å². The minimum Gasteiger partial charge on any atom is -0.354 e. The van der Waals surface area contributed by atoms with Crippen LogP contribution in [0.15, 0.2) is 10.4 Å². The van der Waals surface area contributed by atoms with Crippen molar-refractivity contribution in [3.8, 4) is 0 Å². The summed E-state index contributed by atoms with van der Waals surface area (Å²) < 4.78 is 23.1. The van der Waals surface area contributed by atoms with Crippen LogP contribution in [0.5, 0.6) is 0 Å². The van der Waals surface area contributed by atoms with Crippen molar-refractivity contribution in [2.75, 3.05) is 25.1 Å². The van der Waals surface area contributed by atoms with Gasteiger partial charge in [-0.1, -0.05) is 0 Å². The van der Waals surface area contributed by atoms with E-state index in [-0.39, 0.29) is 17.7 Å². The Hall–Kier alpha value is -1.15. The fourth-order valence-corrected chi connectivity index (χ4v) is 5.02. The molecule has 2 rings (SSSR count). The van der Waals surface area contributed by atoms with Gasteiger partial charge in [0.15, 0.2) is 15.8 Å². The lowest BCUT2D eigenvalue weighted by Crippen LogP contribution is -2.42. The number of guanidine groups is 1. The third kappa shape index (κ3) is 5.76. The third-order valence-electron chi connectivity index (χ3n) is 3.67.